The van der Waals surface area contributed by atoms with Crippen LogP contribution < -0.4 is 0 Å². The van der Waals surface area contributed by atoms with E-state index in [1.807, 2.05) is 0 Å². The highest BCUT2D eigenvalue weighted by atomic mass is 17.3. The fraction of sp³-hybridized carbons (Fsp3) is 0.750. The summed E-state index contributed by atoms with van der Waals surface area (Å²) >= 11 is 0. The molecule has 98 valence electrons. The number of Topliss-reactive ketones (excluding diaryl/α,β-unsaturated/α-hetero) is 2. The van der Waals surface area contributed by atoms with E-state index in [1.54, 1.807) is 0 Å². The van der Waals surface area contributed by atoms with E-state index >= 15 is 0 Å². The lowest BCUT2D eigenvalue weighted by Gasteiger charge is -2.24. The number of hydrogen-bond donors (Lipinski definition) is 0. The van der Waals surface area contributed by atoms with Gasteiger partial charge in [-0.15, -0.1) is 0 Å². The van der Waals surface area contributed by atoms with Gasteiger partial charge < -0.3 is 9.53 Å². The summed E-state index contributed by atoms with van der Waals surface area (Å²) in [6.45, 7) is 2.86. The van der Waals surface area contributed by atoms with Crippen molar-refractivity contribution in [3.63, 3.8) is 0 Å². The van der Waals surface area contributed by atoms with Crippen molar-refractivity contribution >= 4 is 17.9 Å². The van der Waals surface area contributed by atoms with Gasteiger partial charge in [0.15, 0.2) is 12.6 Å². The molecule has 18 heavy (non-hydrogen) atoms. The van der Waals surface area contributed by atoms with Gasteiger partial charge >= 0.3 is 0 Å². The Labute approximate surface area is 103 Å². The highest BCUT2D eigenvalue weighted by Gasteiger charge is 2.67. The molecule has 3 aliphatic rings. The quantitative estimate of drug-likeness (QED) is 0.525. The predicted octanol–water partition coefficient (Wildman–Crippen LogP) is 0.102. The van der Waals surface area contributed by atoms with Gasteiger partial charge in [-0.05, 0) is 13.8 Å². The molecule has 0 amide bonds. The fourth-order valence-electron chi connectivity index (χ4n) is 3.75. The average Bonchev–Trinajstić information content (AvgIpc) is 2.97. The third-order valence-corrected chi connectivity index (χ3v) is 4.34. The van der Waals surface area contributed by atoms with Crippen LogP contribution in [0.5, 0.6) is 0 Å². The predicted molar refractivity (Wildman–Crippen MR) is 55.7 cm³/mol. The molecule has 3 rings (SSSR count). The zero-order chi connectivity index (χ0) is 13.0. The molecule has 0 aromatic carbocycles. The zero-order valence-electron chi connectivity index (χ0n) is 10.1. The lowest BCUT2D eigenvalue weighted by atomic mass is 9.82. The highest BCUT2D eigenvalue weighted by molar-refractivity contribution is 5.91. The maximum Gasteiger partial charge on any atom is 0.198 e. The van der Waals surface area contributed by atoms with Gasteiger partial charge in [0.2, 0.25) is 0 Å². The number of aldehydes is 1. The largest absolute Gasteiger partial charge is 0.317 e. The van der Waals surface area contributed by atoms with Crippen LogP contribution in [0.1, 0.15) is 13.8 Å². The molecule has 0 aromatic rings. The number of rotatable bonds is 3. The van der Waals surface area contributed by atoms with Crippen LogP contribution in [-0.4, -0.2) is 30.4 Å². The van der Waals surface area contributed by atoms with E-state index in [2.05, 4.69) is 0 Å². The first-order valence-electron chi connectivity index (χ1n) is 6.00. The van der Waals surface area contributed by atoms with Gasteiger partial charge in [0.1, 0.15) is 17.9 Å². The lowest BCUT2D eigenvalue weighted by molar-refractivity contribution is -0.341. The van der Waals surface area contributed by atoms with Crippen LogP contribution in [0.3, 0.4) is 0 Å². The SMILES string of the molecule is CC(=O)[C@H]1[C@@H](C=O)[C@H]2[C@H]3OO[C@H](O3)[C@H]2[C@H]1C(C)=O. The molecule has 6 nitrogen and oxygen atoms in total. The van der Waals surface area contributed by atoms with E-state index in [-0.39, 0.29) is 23.4 Å². The molecule has 2 aliphatic heterocycles. The van der Waals surface area contributed by atoms with Crippen LogP contribution in [0.25, 0.3) is 0 Å². The van der Waals surface area contributed by atoms with E-state index in [4.69, 9.17) is 14.5 Å². The van der Waals surface area contributed by atoms with E-state index in [1.165, 1.54) is 13.8 Å². The second kappa shape index (κ2) is 3.94. The van der Waals surface area contributed by atoms with Gasteiger partial charge in [-0.3, -0.25) is 9.59 Å². The van der Waals surface area contributed by atoms with Crippen molar-refractivity contribution in [2.45, 2.75) is 26.4 Å². The summed E-state index contributed by atoms with van der Waals surface area (Å²) < 4.78 is 5.41. The molecule has 1 saturated carbocycles. The van der Waals surface area contributed by atoms with E-state index < -0.39 is 30.3 Å². The number of ketones is 2. The molecule has 0 radical (unpaired) electrons. The van der Waals surface area contributed by atoms with E-state index in [9.17, 15) is 14.4 Å². The molecule has 2 bridgehead atoms. The number of carbonyl (C=O) groups excluding carboxylic acids is 3. The first-order chi connectivity index (χ1) is 8.56. The molecule has 0 unspecified atom stereocenters. The number of ether oxygens (including phenoxy) is 1. The summed E-state index contributed by atoms with van der Waals surface area (Å²) in [5.41, 5.74) is 0. The smallest absolute Gasteiger partial charge is 0.198 e. The Morgan fingerprint density at radius 1 is 0.944 bits per heavy atom. The first-order valence-corrected chi connectivity index (χ1v) is 6.00. The topological polar surface area (TPSA) is 78.9 Å². The molecule has 7 atom stereocenters. The molecule has 2 heterocycles. The summed E-state index contributed by atoms with van der Waals surface area (Å²) in [4.78, 5) is 44.8. The van der Waals surface area contributed by atoms with Gasteiger partial charge in [-0.1, -0.05) is 0 Å². The molecular formula is C12H14O6. The third-order valence-electron chi connectivity index (χ3n) is 4.34. The number of carbonyl (C=O) groups is 3. The normalized spacial score (nSPS) is 49.1. The molecule has 1 aliphatic carbocycles. The Morgan fingerprint density at radius 2 is 1.50 bits per heavy atom. The minimum atomic E-state index is -0.638. The van der Waals surface area contributed by atoms with Gasteiger partial charge in [0, 0.05) is 29.6 Å². The molecule has 6 heteroatoms. The van der Waals surface area contributed by atoms with E-state index in [0.29, 0.717) is 0 Å². The fourth-order valence-corrected chi connectivity index (χ4v) is 3.75. The van der Waals surface area contributed by atoms with Crippen molar-refractivity contribution < 1.29 is 28.9 Å². The lowest BCUT2D eigenvalue weighted by Crippen LogP contribution is -2.34. The van der Waals surface area contributed by atoms with E-state index in [0.717, 1.165) is 6.29 Å². The Morgan fingerprint density at radius 3 is 2.00 bits per heavy atom. The minimum absolute atomic E-state index is 0.102. The van der Waals surface area contributed by atoms with Crippen molar-refractivity contribution in [3.05, 3.63) is 0 Å². The van der Waals surface area contributed by atoms with Crippen molar-refractivity contribution in [1.82, 2.24) is 0 Å². The summed E-state index contributed by atoms with van der Waals surface area (Å²) in [5, 5.41) is 0. The Kier molecular flexibility index (Phi) is 2.62. The van der Waals surface area contributed by atoms with Crippen LogP contribution in [0.4, 0.5) is 0 Å². The first kappa shape index (κ1) is 12.0. The molecule has 0 aromatic heterocycles. The second-order valence-electron chi connectivity index (χ2n) is 5.21. The molecule has 0 N–H and O–H groups in total. The monoisotopic (exact) mass is 254 g/mol. The van der Waals surface area contributed by atoms with Gasteiger partial charge in [-0.25, -0.2) is 9.78 Å². The molecule has 3 fully saturated rings. The second-order valence-corrected chi connectivity index (χ2v) is 5.21. The summed E-state index contributed by atoms with van der Waals surface area (Å²) in [6.07, 6.45) is -0.526. The zero-order valence-corrected chi connectivity index (χ0v) is 10.1. The van der Waals surface area contributed by atoms with Crippen LogP contribution >= 0.6 is 0 Å². The summed E-state index contributed by atoms with van der Waals surface area (Å²) in [5.74, 6) is -2.37. The summed E-state index contributed by atoms with van der Waals surface area (Å²) in [7, 11) is 0. The summed E-state index contributed by atoms with van der Waals surface area (Å²) in [6, 6.07) is 0. The van der Waals surface area contributed by atoms with Crippen LogP contribution in [0, 0.1) is 29.6 Å². The van der Waals surface area contributed by atoms with Crippen molar-refractivity contribution in [1.29, 1.82) is 0 Å². The highest BCUT2D eigenvalue weighted by Crippen LogP contribution is 2.57. The van der Waals surface area contributed by atoms with Crippen molar-refractivity contribution in [3.8, 4) is 0 Å². The van der Waals surface area contributed by atoms with Crippen molar-refractivity contribution in [2.24, 2.45) is 29.6 Å². The average molecular weight is 254 g/mol. The van der Waals surface area contributed by atoms with Crippen LogP contribution in [0.15, 0.2) is 0 Å². The maximum absolute atomic E-state index is 11.8. The molecule has 0 spiro atoms. The van der Waals surface area contributed by atoms with Crippen LogP contribution in [-0.2, 0) is 28.9 Å². The van der Waals surface area contributed by atoms with Crippen molar-refractivity contribution in [2.75, 3.05) is 0 Å². The maximum atomic E-state index is 11.8. The third kappa shape index (κ3) is 1.36. The Bertz CT molecular complexity index is 419. The van der Waals surface area contributed by atoms with Gasteiger partial charge in [0.05, 0.1) is 0 Å². The Balaban J connectivity index is 2.03. The Hall–Kier alpha value is -1.11. The number of fused-ring (bicyclic) bond motifs is 5. The van der Waals surface area contributed by atoms with Crippen LogP contribution in [0.2, 0.25) is 0 Å². The minimum Gasteiger partial charge on any atom is -0.317 e. The molecule has 2 saturated heterocycles. The van der Waals surface area contributed by atoms with Gasteiger partial charge in [0.25, 0.3) is 0 Å². The standard InChI is InChI=1S/C12H14O6/c1-4(14)7-6(3-13)9-10(8(7)5(2)15)12-16-11(9)17-18-12/h3,6-12H,1-2H3/t6-,7+,8+,9-,10+,11-,12+/m1/s1. The molecular weight excluding hydrogens is 240 g/mol. The number of hydrogen-bond acceptors (Lipinski definition) is 6. The van der Waals surface area contributed by atoms with Gasteiger partial charge in [-0.2, -0.15) is 0 Å².